The van der Waals surface area contributed by atoms with Gasteiger partial charge >= 0.3 is 5.69 Å². The van der Waals surface area contributed by atoms with Crippen LogP contribution < -0.4 is 0 Å². The zero-order valence-electron chi connectivity index (χ0n) is 11.6. The average Bonchev–Trinajstić information content (AvgIpc) is 2.38. The maximum atomic E-state index is 13.8. The molecule has 1 aliphatic heterocycles. The quantitative estimate of drug-likeness (QED) is 0.619. The van der Waals surface area contributed by atoms with E-state index in [2.05, 4.69) is 0 Å². The lowest BCUT2D eigenvalue weighted by atomic mass is 10.1. The van der Waals surface area contributed by atoms with Gasteiger partial charge in [-0.15, -0.1) is 0 Å². The van der Waals surface area contributed by atoms with E-state index in [1.54, 1.807) is 13.8 Å². The molecule has 1 amide bonds. The largest absolute Gasteiger partial charge is 0.372 e. The fourth-order valence-corrected chi connectivity index (χ4v) is 2.20. The van der Waals surface area contributed by atoms with Gasteiger partial charge in [-0.3, -0.25) is 14.9 Å². The van der Waals surface area contributed by atoms with Crippen molar-refractivity contribution in [3.63, 3.8) is 0 Å². The summed E-state index contributed by atoms with van der Waals surface area (Å²) in [5, 5.41) is 10.5. The summed E-state index contributed by atoms with van der Waals surface area (Å²) < 4.78 is 32.8. The van der Waals surface area contributed by atoms with E-state index in [-0.39, 0.29) is 19.7 Å². The third-order valence-electron chi connectivity index (χ3n) is 3.18. The first-order chi connectivity index (χ1) is 9.71. The molecule has 1 aromatic carbocycles. The van der Waals surface area contributed by atoms with Gasteiger partial charge in [0.05, 0.1) is 28.8 Å². The summed E-state index contributed by atoms with van der Waals surface area (Å²) in [6.45, 7) is 4.32. The molecule has 6 nitrogen and oxygen atoms in total. The van der Waals surface area contributed by atoms with E-state index in [1.165, 1.54) is 4.90 Å². The van der Waals surface area contributed by atoms with Crippen LogP contribution in [0.3, 0.4) is 0 Å². The van der Waals surface area contributed by atoms with Crippen LogP contribution in [0.1, 0.15) is 24.2 Å². The molecule has 0 radical (unpaired) electrons. The fourth-order valence-electron chi connectivity index (χ4n) is 2.20. The van der Waals surface area contributed by atoms with E-state index in [4.69, 9.17) is 4.74 Å². The average molecular weight is 300 g/mol. The number of hydrogen-bond acceptors (Lipinski definition) is 4. The first-order valence-electron chi connectivity index (χ1n) is 6.28. The highest BCUT2D eigenvalue weighted by Crippen LogP contribution is 2.24. The Morgan fingerprint density at radius 1 is 1.38 bits per heavy atom. The molecule has 0 aliphatic carbocycles. The number of halogens is 2. The van der Waals surface area contributed by atoms with Crippen LogP contribution in [-0.4, -0.2) is 41.0 Å². The second-order valence-electron chi connectivity index (χ2n) is 5.38. The summed E-state index contributed by atoms with van der Waals surface area (Å²) in [6.07, 6.45) is 0. The molecule has 114 valence electrons. The van der Waals surface area contributed by atoms with Gasteiger partial charge in [0.25, 0.3) is 5.91 Å². The normalized spacial score (nSPS) is 17.6. The van der Waals surface area contributed by atoms with Crippen molar-refractivity contribution < 1.29 is 23.2 Å². The van der Waals surface area contributed by atoms with Crippen LogP contribution in [0, 0.1) is 21.7 Å². The second-order valence-corrected chi connectivity index (χ2v) is 5.38. The highest BCUT2D eigenvalue weighted by Gasteiger charge is 2.32. The predicted molar refractivity (Wildman–Crippen MR) is 68.9 cm³/mol. The van der Waals surface area contributed by atoms with E-state index in [9.17, 15) is 23.7 Å². The standard InChI is InChI=1S/C13H14F2N2O4/c1-13(2)7-16(3-4-21-13)12(18)8-5-10(15)11(17(19)20)6-9(8)14/h5-6H,3-4,7H2,1-2H3. The van der Waals surface area contributed by atoms with Gasteiger partial charge in [0.15, 0.2) is 0 Å². The summed E-state index contributed by atoms with van der Waals surface area (Å²) in [6, 6.07) is 0.992. The van der Waals surface area contributed by atoms with Gasteiger partial charge in [-0.05, 0) is 19.9 Å². The van der Waals surface area contributed by atoms with E-state index in [1.807, 2.05) is 0 Å². The third-order valence-corrected chi connectivity index (χ3v) is 3.18. The number of morpholine rings is 1. The number of rotatable bonds is 2. The van der Waals surface area contributed by atoms with Crippen LogP contribution in [0.2, 0.25) is 0 Å². The maximum Gasteiger partial charge on any atom is 0.307 e. The van der Waals surface area contributed by atoms with Crippen molar-refractivity contribution in [3.05, 3.63) is 39.4 Å². The molecule has 0 bridgehead atoms. The summed E-state index contributed by atoms with van der Waals surface area (Å²) in [5.41, 5.74) is -2.09. The smallest absolute Gasteiger partial charge is 0.307 e. The molecular weight excluding hydrogens is 286 g/mol. The minimum atomic E-state index is -1.24. The van der Waals surface area contributed by atoms with Crippen molar-refractivity contribution in [2.45, 2.75) is 19.4 Å². The zero-order valence-corrected chi connectivity index (χ0v) is 11.6. The molecule has 1 fully saturated rings. The lowest BCUT2D eigenvalue weighted by Gasteiger charge is -2.38. The van der Waals surface area contributed by atoms with Gasteiger partial charge in [-0.2, -0.15) is 4.39 Å². The molecular formula is C13H14F2N2O4. The van der Waals surface area contributed by atoms with Crippen molar-refractivity contribution in [2.24, 2.45) is 0 Å². The Morgan fingerprint density at radius 2 is 2.05 bits per heavy atom. The topological polar surface area (TPSA) is 72.7 Å². The third kappa shape index (κ3) is 3.15. The fraction of sp³-hybridized carbons (Fsp3) is 0.462. The Balaban J connectivity index is 2.31. The van der Waals surface area contributed by atoms with Gasteiger partial charge in [0.1, 0.15) is 5.82 Å². The van der Waals surface area contributed by atoms with Gasteiger partial charge in [-0.1, -0.05) is 0 Å². The van der Waals surface area contributed by atoms with Crippen molar-refractivity contribution in [2.75, 3.05) is 19.7 Å². The Labute approximate surface area is 119 Å². The minimum absolute atomic E-state index is 0.226. The summed E-state index contributed by atoms with van der Waals surface area (Å²) >= 11 is 0. The molecule has 1 heterocycles. The number of benzene rings is 1. The Kier molecular flexibility index (Phi) is 3.91. The van der Waals surface area contributed by atoms with E-state index >= 15 is 0 Å². The van der Waals surface area contributed by atoms with Crippen molar-refractivity contribution in [1.82, 2.24) is 4.90 Å². The van der Waals surface area contributed by atoms with Crippen LogP contribution >= 0.6 is 0 Å². The highest BCUT2D eigenvalue weighted by molar-refractivity contribution is 5.95. The summed E-state index contributed by atoms with van der Waals surface area (Å²) in [5.74, 6) is -3.06. The minimum Gasteiger partial charge on any atom is -0.372 e. The number of nitrogens with zero attached hydrogens (tertiary/aromatic N) is 2. The molecule has 0 spiro atoms. The predicted octanol–water partition coefficient (Wildman–Crippen LogP) is 2.12. The number of carbonyl (C=O) groups is 1. The zero-order chi connectivity index (χ0) is 15.8. The van der Waals surface area contributed by atoms with Crippen molar-refractivity contribution >= 4 is 11.6 Å². The Morgan fingerprint density at radius 3 is 2.62 bits per heavy atom. The Bertz CT molecular complexity index is 604. The maximum absolute atomic E-state index is 13.8. The molecule has 1 saturated heterocycles. The molecule has 1 aliphatic rings. The lowest BCUT2D eigenvalue weighted by molar-refractivity contribution is -0.387. The van der Waals surface area contributed by atoms with E-state index in [0.717, 1.165) is 0 Å². The highest BCUT2D eigenvalue weighted by atomic mass is 19.1. The van der Waals surface area contributed by atoms with Gasteiger partial charge in [0.2, 0.25) is 5.82 Å². The number of hydrogen-bond donors (Lipinski definition) is 0. The van der Waals surface area contributed by atoms with E-state index < -0.39 is 39.3 Å². The van der Waals surface area contributed by atoms with Crippen LogP contribution in [-0.2, 0) is 4.74 Å². The van der Waals surface area contributed by atoms with E-state index in [0.29, 0.717) is 12.1 Å². The van der Waals surface area contributed by atoms with Crippen LogP contribution in [0.4, 0.5) is 14.5 Å². The number of ether oxygens (including phenoxy) is 1. The van der Waals surface area contributed by atoms with Gasteiger partial charge in [-0.25, -0.2) is 4.39 Å². The summed E-state index contributed by atoms with van der Waals surface area (Å²) in [4.78, 5) is 23.1. The first-order valence-corrected chi connectivity index (χ1v) is 6.28. The SMILES string of the molecule is CC1(C)CN(C(=O)c2cc(F)c([N+](=O)[O-])cc2F)CCO1. The van der Waals surface area contributed by atoms with Crippen LogP contribution in [0.15, 0.2) is 12.1 Å². The molecule has 21 heavy (non-hydrogen) atoms. The van der Waals surface area contributed by atoms with Gasteiger partial charge < -0.3 is 9.64 Å². The molecule has 2 rings (SSSR count). The van der Waals surface area contributed by atoms with Crippen LogP contribution in [0.5, 0.6) is 0 Å². The van der Waals surface area contributed by atoms with Crippen molar-refractivity contribution in [1.29, 1.82) is 0 Å². The number of carbonyl (C=O) groups excluding carboxylic acids is 1. The second kappa shape index (κ2) is 5.36. The Hall–Kier alpha value is -2.09. The molecule has 0 unspecified atom stereocenters. The number of nitro groups is 1. The van der Waals surface area contributed by atoms with Crippen LogP contribution in [0.25, 0.3) is 0 Å². The number of amides is 1. The molecule has 0 atom stereocenters. The van der Waals surface area contributed by atoms with Gasteiger partial charge in [0, 0.05) is 13.1 Å². The monoisotopic (exact) mass is 300 g/mol. The summed E-state index contributed by atoms with van der Waals surface area (Å²) in [7, 11) is 0. The lowest BCUT2D eigenvalue weighted by Crippen LogP contribution is -2.50. The first kappa shape index (κ1) is 15.3. The molecule has 1 aromatic rings. The molecule has 8 heteroatoms. The molecule has 0 N–H and O–H groups in total. The molecule has 0 aromatic heterocycles. The molecule has 0 saturated carbocycles. The van der Waals surface area contributed by atoms with Crippen molar-refractivity contribution in [3.8, 4) is 0 Å². The number of nitro benzene ring substituents is 1.